The maximum atomic E-state index is 11.3. The van der Waals surface area contributed by atoms with Gasteiger partial charge in [0, 0.05) is 25.5 Å². The van der Waals surface area contributed by atoms with E-state index >= 15 is 0 Å². The molecule has 2 aromatic carbocycles. The van der Waals surface area contributed by atoms with E-state index in [4.69, 9.17) is 0 Å². The van der Waals surface area contributed by atoms with E-state index in [1.807, 2.05) is 54.5 Å². The zero-order chi connectivity index (χ0) is 15.5. The van der Waals surface area contributed by atoms with Gasteiger partial charge in [0.1, 0.15) is 6.04 Å². The number of para-hydroxylation sites is 1. The molecule has 110 valence electrons. The van der Waals surface area contributed by atoms with Crippen LogP contribution in [0, 0.1) is 10.1 Å². The van der Waals surface area contributed by atoms with Gasteiger partial charge >= 0.3 is 0 Å². The molecule has 0 radical (unpaired) electrons. The first-order valence-electron chi connectivity index (χ1n) is 6.93. The number of likely N-dealkylation sites (N-methyl/N-ethyl adjacent to an activating group) is 1. The highest BCUT2D eigenvalue weighted by Gasteiger charge is 2.30. The van der Waals surface area contributed by atoms with Crippen LogP contribution in [0.15, 0.2) is 72.0 Å². The largest absolute Gasteiger partial charge is 0.366 e. The summed E-state index contributed by atoms with van der Waals surface area (Å²) in [5.74, 6) is 0. The molecule has 1 aliphatic rings. The van der Waals surface area contributed by atoms with Crippen LogP contribution in [0.25, 0.3) is 0 Å². The summed E-state index contributed by atoms with van der Waals surface area (Å²) in [6, 6.07) is 16.3. The van der Waals surface area contributed by atoms with Crippen molar-refractivity contribution in [1.82, 2.24) is 4.90 Å². The summed E-state index contributed by atoms with van der Waals surface area (Å²) >= 11 is 0. The van der Waals surface area contributed by atoms with Crippen molar-refractivity contribution >= 4 is 11.4 Å². The van der Waals surface area contributed by atoms with Gasteiger partial charge in [-0.25, -0.2) is 0 Å². The fourth-order valence-corrected chi connectivity index (χ4v) is 2.66. The van der Waals surface area contributed by atoms with Crippen LogP contribution in [-0.2, 0) is 0 Å². The molecule has 1 atom stereocenters. The third-order valence-corrected chi connectivity index (χ3v) is 3.68. The van der Waals surface area contributed by atoms with Crippen molar-refractivity contribution in [2.45, 2.75) is 6.04 Å². The van der Waals surface area contributed by atoms with Crippen molar-refractivity contribution in [2.75, 3.05) is 7.05 Å². The van der Waals surface area contributed by atoms with Crippen LogP contribution in [0.1, 0.15) is 17.2 Å². The van der Waals surface area contributed by atoms with E-state index in [1.54, 1.807) is 18.3 Å². The van der Waals surface area contributed by atoms with Gasteiger partial charge in [-0.1, -0.05) is 42.5 Å². The second-order valence-corrected chi connectivity index (χ2v) is 5.06. The van der Waals surface area contributed by atoms with Gasteiger partial charge in [0.05, 0.1) is 16.2 Å². The van der Waals surface area contributed by atoms with E-state index in [1.165, 1.54) is 6.07 Å². The topological polar surface area (TPSA) is 58.7 Å². The highest BCUT2D eigenvalue weighted by Crippen LogP contribution is 2.33. The molecule has 0 bridgehead atoms. The molecule has 0 saturated heterocycles. The molecular weight excluding hydrogens is 278 g/mol. The first-order valence-corrected chi connectivity index (χ1v) is 6.93. The van der Waals surface area contributed by atoms with E-state index in [9.17, 15) is 10.1 Å². The Hall–Kier alpha value is -2.95. The lowest BCUT2D eigenvalue weighted by atomic mass is 9.93. The number of hydrogen-bond donors (Lipinski definition) is 0. The molecule has 0 saturated carbocycles. The van der Waals surface area contributed by atoms with Crippen LogP contribution in [0.5, 0.6) is 0 Å². The summed E-state index contributed by atoms with van der Waals surface area (Å²) in [7, 11) is 1.90. The summed E-state index contributed by atoms with van der Waals surface area (Å²) in [5.41, 5.74) is 2.52. The first-order chi connectivity index (χ1) is 10.7. The fraction of sp³-hybridized carbons (Fsp3) is 0.118. The van der Waals surface area contributed by atoms with Gasteiger partial charge in [-0.15, -0.1) is 0 Å². The van der Waals surface area contributed by atoms with Crippen LogP contribution in [0.2, 0.25) is 0 Å². The maximum absolute atomic E-state index is 11.3. The Morgan fingerprint density at radius 3 is 2.50 bits per heavy atom. The minimum atomic E-state index is -0.343. The number of aliphatic imine (C=N–C) groups is 1. The SMILES string of the molecule is CN1C=CN=C(c2ccccc2)C1c1ccccc1[N+](=O)[O-]. The Morgan fingerprint density at radius 2 is 1.77 bits per heavy atom. The van der Waals surface area contributed by atoms with Crippen molar-refractivity contribution in [2.24, 2.45) is 4.99 Å². The number of benzene rings is 2. The Bertz CT molecular complexity index is 754. The Labute approximate surface area is 128 Å². The summed E-state index contributed by atoms with van der Waals surface area (Å²) in [6.45, 7) is 0. The van der Waals surface area contributed by atoms with Crippen molar-refractivity contribution in [3.05, 3.63) is 88.2 Å². The number of nitro benzene ring substituents is 1. The molecule has 0 fully saturated rings. The molecule has 2 aromatic rings. The van der Waals surface area contributed by atoms with E-state index in [2.05, 4.69) is 4.99 Å². The Kier molecular flexibility index (Phi) is 3.70. The number of hydrogen-bond acceptors (Lipinski definition) is 4. The van der Waals surface area contributed by atoms with Gasteiger partial charge in [0.15, 0.2) is 0 Å². The van der Waals surface area contributed by atoms with Crippen molar-refractivity contribution in [3.8, 4) is 0 Å². The second kappa shape index (κ2) is 5.81. The average molecular weight is 293 g/mol. The third-order valence-electron chi connectivity index (χ3n) is 3.68. The minimum absolute atomic E-state index is 0.110. The van der Waals surface area contributed by atoms with Gasteiger partial charge in [0.25, 0.3) is 5.69 Å². The van der Waals surface area contributed by atoms with Gasteiger partial charge in [0.2, 0.25) is 0 Å². The normalized spacial score (nSPS) is 17.2. The zero-order valence-electron chi connectivity index (χ0n) is 12.1. The lowest BCUT2D eigenvalue weighted by Crippen LogP contribution is -2.30. The van der Waals surface area contributed by atoms with Crippen LogP contribution in [-0.4, -0.2) is 22.6 Å². The zero-order valence-corrected chi connectivity index (χ0v) is 12.1. The standard InChI is InChI=1S/C17H15N3O2/c1-19-12-11-18-16(13-7-3-2-4-8-13)17(19)14-9-5-6-10-15(14)20(21)22/h2-12,17H,1H3. The molecule has 1 aliphatic heterocycles. The number of nitrogens with zero attached hydrogens (tertiary/aromatic N) is 3. The minimum Gasteiger partial charge on any atom is -0.366 e. The Balaban J connectivity index is 2.14. The third kappa shape index (κ3) is 2.48. The van der Waals surface area contributed by atoms with Crippen molar-refractivity contribution in [1.29, 1.82) is 0 Å². The smallest absolute Gasteiger partial charge is 0.275 e. The van der Waals surface area contributed by atoms with E-state index < -0.39 is 0 Å². The molecule has 3 rings (SSSR count). The molecule has 5 heteroatoms. The first kappa shape index (κ1) is 14.0. The molecule has 0 N–H and O–H groups in total. The predicted molar refractivity (Wildman–Crippen MR) is 85.7 cm³/mol. The number of rotatable bonds is 3. The molecular formula is C17H15N3O2. The summed E-state index contributed by atoms with van der Waals surface area (Å²) in [4.78, 5) is 17.4. The van der Waals surface area contributed by atoms with Crippen molar-refractivity contribution < 1.29 is 4.92 Å². The van der Waals surface area contributed by atoms with Gasteiger partial charge < -0.3 is 4.90 Å². The van der Waals surface area contributed by atoms with Crippen LogP contribution < -0.4 is 0 Å². The van der Waals surface area contributed by atoms with Crippen LogP contribution in [0.4, 0.5) is 5.69 Å². The lowest BCUT2D eigenvalue weighted by Gasteiger charge is -2.30. The van der Waals surface area contributed by atoms with E-state index in [-0.39, 0.29) is 16.7 Å². The van der Waals surface area contributed by atoms with Gasteiger partial charge in [-0.3, -0.25) is 15.1 Å². The predicted octanol–water partition coefficient (Wildman–Crippen LogP) is 3.54. The lowest BCUT2D eigenvalue weighted by molar-refractivity contribution is -0.385. The Morgan fingerprint density at radius 1 is 1.09 bits per heavy atom. The summed E-state index contributed by atoms with van der Waals surface area (Å²) in [5, 5.41) is 11.3. The average Bonchev–Trinajstić information content (AvgIpc) is 2.55. The quantitative estimate of drug-likeness (QED) is 0.642. The molecule has 0 aliphatic carbocycles. The molecule has 0 aromatic heterocycles. The van der Waals surface area contributed by atoms with Crippen LogP contribution in [0.3, 0.4) is 0 Å². The molecule has 5 nitrogen and oxygen atoms in total. The van der Waals surface area contributed by atoms with E-state index in [0.29, 0.717) is 5.56 Å². The molecule has 1 unspecified atom stereocenters. The molecule has 0 spiro atoms. The monoisotopic (exact) mass is 293 g/mol. The molecule has 22 heavy (non-hydrogen) atoms. The van der Waals surface area contributed by atoms with Gasteiger partial charge in [-0.05, 0) is 11.6 Å². The number of nitro groups is 1. The summed E-state index contributed by atoms with van der Waals surface area (Å²) in [6.07, 6.45) is 3.54. The van der Waals surface area contributed by atoms with Gasteiger partial charge in [-0.2, -0.15) is 0 Å². The second-order valence-electron chi connectivity index (χ2n) is 5.06. The highest BCUT2D eigenvalue weighted by molar-refractivity contribution is 6.06. The fourth-order valence-electron chi connectivity index (χ4n) is 2.66. The maximum Gasteiger partial charge on any atom is 0.275 e. The van der Waals surface area contributed by atoms with Crippen LogP contribution >= 0.6 is 0 Å². The highest BCUT2D eigenvalue weighted by atomic mass is 16.6. The molecule has 0 amide bonds. The molecule has 1 heterocycles. The summed E-state index contributed by atoms with van der Waals surface area (Å²) < 4.78 is 0. The van der Waals surface area contributed by atoms with E-state index in [0.717, 1.165) is 11.3 Å². The van der Waals surface area contributed by atoms with Crippen molar-refractivity contribution in [3.63, 3.8) is 0 Å².